The van der Waals surface area contributed by atoms with Gasteiger partial charge in [-0.15, -0.1) is 0 Å². The molecule has 1 aliphatic carbocycles. The summed E-state index contributed by atoms with van der Waals surface area (Å²) in [5.41, 5.74) is 2.62. The zero-order valence-electron chi connectivity index (χ0n) is 22.5. The number of amides is 1. The number of hydrogen-bond donors (Lipinski definition) is 1. The molecule has 0 bridgehead atoms. The van der Waals surface area contributed by atoms with Crippen molar-refractivity contribution in [1.29, 1.82) is 0 Å². The lowest BCUT2D eigenvalue weighted by Gasteiger charge is -2.32. The number of nitrogens with one attached hydrogen (secondary N) is 1. The van der Waals surface area contributed by atoms with Crippen LogP contribution in [-0.4, -0.2) is 27.8 Å². The summed E-state index contributed by atoms with van der Waals surface area (Å²) >= 11 is 0. The summed E-state index contributed by atoms with van der Waals surface area (Å²) in [5, 5.41) is 7.39. The van der Waals surface area contributed by atoms with Crippen molar-refractivity contribution in [3.8, 4) is 17.0 Å². The van der Waals surface area contributed by atoms with E-state index in [2.05, 4.69) is 10.4 Å². The summed E-state index contributed by atoms with van der Waals surface area (Å²) in [5.74, 6) is 0.242. The first-order valence-corrected chi connectivity index (χ1v) is 13.7. The van der Waals surface area contributed by atoms with E-state index in [9.17, 15) is 18.0 Å². The Balaban J connectivity index is 1.19. The molecule has 2 atom stereocenters. The third-order valence-electron chi connectivity index (χ3n) is 7.24. The number of ether oxygens (including phenoxy) is 2. The van der Waals surface area contributed by atoms with Crippen LogP contribution in [0.4, 0.5) is 13.2 Å². The zero-order chi connectivity index (χ0) is 28.7. The van der Waals surface area contributed by atoms with Crippen molar-refractivity contribution >= 4 is 5.91 Å². The maximum Gasteiger partial charge on any atom is 0.416 e. The maximum atomic E-state index is 13.0. The van der Waals surface area contributed by atoms with Gasteiger partial charge in [0, 0.05) is 6.07 Å². The molecule has 214 valence electrons. The molecule has 5 rings (SSSR count). The Hall–Kier alpha value is -4.11. The van der Waals surface area contributed by atoms with Gasteiger partial charge in [-0.05, 0) is 47.2 Å². The van der Waals surface area contributed by atoms with Crippen molar-refractivity contribution in [2.45, 2.75) is 63.8 Å². The smallest absolute Gasteiger partial charge is 0.416 e. The SMILES string of the molecule is O=C(Cn1nccc1OCc1ccccc1-c1ccc(C(F)(F)F)cc1)NC1CCCCC1OCc1ccccc1. The molecule has 1 N–H and O–H groups in total. The molecule has 0 saturated heterocycles. The van der Waals surface area contributed by atoms with Gasteiger partial charge in [-0.1, -0.05) is 79.6 Å². The molecule has 6 nitrogen and oxygen atoms in total. The van der Waals surface area contributed by atoms with E-state index in [-0.39, 0.29) is 31.2 Å². The molecule has 0 spiro atoms. The zero-order valence-corrected chi connectivity index (χ0v) is 22.5. The number of hydrogen-bond acceptors (Lipinski definition) is 4. The van der Waals surface area contributed by atoms with E-state index in [4.69, 9.17) is 9.47 Å². The second-order valence-electron chi connectivity index (χ2n) is 10.1. The summed E-state index contributed by atoms with van der Waals surface area (Å²) in [6.45, 7) is 0.649. The van der Waals surface area contributed by atoms with Crippen LogP contribution in [0.15, 0.2) is 91.1 Å². The highest BCUT2D eigenvalue weighted by Gasteiger charge is 2.30. The van der Waals surface area contributed by atoms with Gasteiger partial charge in [0.05, 0.1) is 30.5 Å². The van der Waals surface area contributed by atoms with Crippen molar-refractivity contribution in [2.24, 2.45) is 0 Å². The minimum Gasteiger partial charge on any atom is -0.473 e. The Kier molecular flexibility index (Phi) is 9.04. The van der Waals surface area contributed by atoms with Crippen molar-refractivity contribution in [3.63, 3.8) is 0 Å². The van der Waals surface area contributed by atoms with Crippen molar-refractivity contribution < 1.29 is 27.4 Å². The number of rotatable bonds is 10. The first-order chi connectivity index (χ1) is 19.9. The molecule has 0 radical (unpaired) electrons. The van der Waals surface area contributed by atoms with Crippen LogP contribution in [0.1, 0.15) is 42.4 Å². The first-order valence-electron chi connectivity index (χ1n) is 13.7. The summed E-state index contributed by atoms with van der Waals surface area (Å²) in [6, 6.07) is 24.0. The van der Waals surface area contributed by atoms with Gasteiger partial charge in [0.2, 0.25) is 11.8 Å². The molecule has 1 fully saturated rings. The third kappa shape index (κ3) is 7.55. The molecule has 2 unspecified atom stereocenters. The van der Waals surface area contributed by atoms with E-state index in [1.165, 1.54) is 16.8 Å². The summed E-state index contributed by atoms with van der Waals surface area (Å²) in [7, 11) is 0. The van der Waals surface area contributed by atoms with Gasteiger partial charge in [0.1, 0.15) is 13.2 Å². The molecular weight excluding hydrogens is 531 g/mol. The van der Waals surface area contributed by atoms with Crippen LogP contribution in [0.25, 0.3) is 11.1 Å². The highest BCUT2D eigenvalue weighted by Crippen LogP contribution is 2.32. The van der Waals surface area contributed by atoms with Crippen LogP contribution in [-0.2, 0) is 35.5 Å². The molecule has 0 aliphatic heterocycles. The Bertz CT molecular complexity index is 1420. The molecule has 1 aromatic heterocycles. The molecule has 9 heteroatoms. The molecule has 1 heterocycles. The summed E-state index contributed by atoms with van der Waals surface area (Å²) < 4.78 is 52.7. The fraction of sp³-hybridized carbons (Fsp3) is 0.312. The van der Waals surface area contributed by atoms with Gasteiger partial charge in [0.25, 0.3) is 0 Å². The number of carbonyl (C=O) groups is 1. The van der Waals surface area contributed by atoms with Gasteiger partial charge in [0.15, 0.2) is 0 Å². The average Bonchev–Trinajstić information content (AvgIpc) is 3.42. The number of nitrogens with zero attached hydrogens (tertiary/aromatic N) is 2. The van der Waals surface area contributed by atoms with Gasteiger partial charge in [-0.2, -0.15) is 18.3 Å². The Labute approximate surface area is 237 Å². The lowest BCUT2D eigenvalue weighted by atomic mass is 9.92. The molecule has 1 saturated carbocycles. The second kappa shape index (κ2) is 13.0. The number of alkyl halides is 3. The number of halogens is 3. The van der Waals surface area contributed by atoms with Crippen LogP contribution in [0.3, 0.4) is 0 Å². The van der Waals surface area contributed by atoms with E-state index in [1.807, 2.05) is 54.6 Å². The number of carbonyl (C=O) groups excluding carboxylic acids is 1. The standard InChI is InChI=1S/C32H32F3N3O3/c33-32(34,35)26-16-14-24(15-17-26)27-11-5-4-10-25(27)22-41-31-18-19-36-38(31)20-30(39)37-28-12-6-7-13-29(28)40-21-23-8-2-1-3-9-23/h1-5,8-11,14-19,28-29H,6-7,12-13,20-22H2,(H,37,39). The van der Waals surface area contributed by atoms with Crippen LogP contribution < -0.4 is 10.1 Å². The van der Waals surface area contributed by atoms with Crippen LogP contribution in [0.5, 0.6) is 5.88 Å². The average molecular weight is 564 g/mol. The van der Waals surface area contributed by atoms with Crippen molar-refractivity contribution in [1.82, 2.24) is 15.1 Å². The van der Waals surface area contributed by atoms with Crippen LogP contribution >= 0.6 is 0 Å². The second-order valence-corrected chi connectivity index (χ2v) is 10.1. The highest BCUT2D eigenvalue weighted by molar-refractivity contribution is 5.76. The lowest BCUT2D eigenvalue weighted by Crippen LogP contribution is -2.47. The van der Waals surface area contributed by atoms with Crippen molar-refractivity contribution in [2.75, 3.05) is 0 Å². The van der Waals surface area contributed by atoms with Gasteiger partial charge < -0.3 is 14.8 Å². The van der Waals surface area contributed by atoms with E-state index in [1.54, 1.807) is 12.3 Å². The molecule has 1 amide bonds. The predicted molar refractivity (Wildman–Crippen MR) is 149 cm³/mol. The number of aromatic nitrogens is 2. The van der Waals surface area contributed by atoms with E-state index in [0.717, 1.165) is 54.5 Å². The molecule has 1 aliphatic rings. The molecule has 4 aromatic rings. The van der Waals surface area contributed by atoms with Crippen molar-refractivity contribution in [3.05, 3.63) is 108 Å². The highest BCUT2D eigenvalue weighted by atomic mass is 19.4. The molecule has 41 heavy (non-hydrogen) atoms. The maximum absolute atomic E-state index is 13.0. The Morgan fingerprint density at radius 2 is 1.63 bits per heavy atom. The van der Waals surface area contributed by atoms with Gasteiger partial charge in [-0.3, -0.25) is 4.79 Å². The van der Waals surface area contributed by atoms with Crippen LogP contribution in [0, 0.1) is 0 Å². The number of benzene rings is 3. The van der Waals surface area contributed by atoms with E-state index >= 15 is 0 Å². The Morgan fingerprint density at radius 3 is 2.41 bits per heavy atom. The van der Waals surface area contributed by atoms with E-state index in [0.29, 0.717) is 18.1 Å². The normalized spacial score (nSPS) is 17.2. The molecule has 3 aromatic carbocycles. The Morgan fingerprint density at radius 1 is 0.902 bits per heavy atom. The van der Waals surface area contributed by atoms with Crippen LogP contribution in [0.2, 0.25) is 0 Å². The monoisotopic (exact) mass is 563 g/mol. The fourth-order valence-corrected chi connectivity index (χ4v) is 5.11. The largest absolute Gasteiger partial charge is 0.473 e. The van der Waals surface area contributed by atoms with E-state index < -0.39 is 11.7 Å². The predicted octanol–water partition coefficient (Wildman–Crippen LogP) is 6.79. The first kappa shape index (κ1) is 28.4. The van der Waals surface area contributed by atoms with Gasteiger partial charge in [-0.25, -0.2) is 4.68 Å². The minimum atomic E-state index is -4.39. The lowest BCUT2D eigenvalue weighted by molar-refractivity contribution is -0.137. The fourth-order valence-electron chi connectivity index (χ4n) is 5.11. The molecular formula is C32H32F3N3O3. The summed E-state index contributed by atoms with van der Waals surface area (Å²) in [6.07, 6.45) is 0.973. The summed E-state index contributed by atoms with van der Waals surface area (Å²) in [4.78, 5) is 13.0. The van der Waals surface area contributed by atoms with Gasteiger partial charge >= 0.3 is 6.18 Å². The minimum absolute atomic E-state index is 0.00914. The quantitative estimate of drug-likeness (QED) is 0.231. The topological polar surface area (TPSA) is 65.4 Å². The third-order valence-corrected chi connectivity index (χ3v) is 7.24.